The minimum Gasteiger partial charge on any atom is -0.405 e. The van der Waals surface area contributed by atoms with E-state index >= 15 is 4.79 Å². The van der Waals surface area contributed by atoms with Crippen LogP contribution in [-0.4, -0.2) is 66.3 Å². The average molecular weight is 917 g/mol. The Morgan fingerprint density at radius 2 is 1.19 bits per heavy atom. The first kappa shape index (κ1) is 48.0. The molecule has 0 aliphatic carbocycles. The van der Waals surface area contributed by atoms with Crippen LogP contribution in [0.5, 0.6) is 0 Å². The number of rotatable bonds is 20. The van der Waals surface area contributed by atoms with Crippen LogP contribution < -0.4 is 15.7 Å². The zero-order chi connectivity index (χ0) is 44.9. The first-order chi connectivity index (χ1) is 29.7. The highest BCUT2D eigenvalue weighted by Gasteiger charge is 2.51. The number of nitrogens with zero attached hydrogens (tertiary/aromatic N) is 4. The maximum Gasteiger partial charge on any atom is 0.261 e. The van der Waals surface area contributed by atoms with Crippen molar-refractivity contribution in [2.24, 2.45) is 17.0 Å². The zero-order valence-electron chi connectivity index (χ0n) is 37.1. The first-order valence-electron chi connectivity index (χ1n) is 21.6. The smallest absolute Gasteiger partial charge is 0.261 e. The Kier molecular flexibility index (Phi) is 16.9. The van der Waals surface area contributed by atoms with Crippen molar-refractivity contribution < 1.29 is 19.1 Å². The van der Waals surface area contributed by atoms with Gasteiger partial charge in [-0.3, -0.25) is 9.59 Å². The van der Waals surface area contributed by atoms with Crippen molar-refractivity contribution in [1.29, 1.82) is 0 Å². The second-order valence-electron chi connectivity index (χ2n) is 17.5. The molecule has 0 aliphatic heterocycles. The molecule has 2 amide bonds. The molecule has 5 atom stereocenters. The van der Waals surface area contributed by atoms with Crippen molar-refractivity contribution in [3.63, 3.8) is 0 Å². The number of aliphatic hydroxyl groups excluding tert-OH is 1. The predicted molar refractivity (Wildman–Crippen MR) is 257 cm³/mol. The second kappa shape index (κ2) is 21.9. The third kappa shape index (κ3) is 10.8. The van der Waals surface area contributed by atoms with Gasteiger partial charge in [-0.15, -0.1) is 0 Å². The van der Waals surface area contributed by atoms with Gasteiger partial charge in [0.25, 0.3) is 8.32 Å². The van der Waals surface area contributed by atoms with Crippen LogP contribution in [0.1, 0.15) is 78.0 Å². The third-order valence-corrected chi connectivity index (χ3v) is 18.5. The van der Waals surface area contributed by atoms with E-state index in [1.54, 1.807) is 4.90 Å². The average Bonchev–Trinajstić information content (AvgIpc) is 3.29. The summed E-state index contributed by atoms with van der Waals surface area (Å²) in [5.74, 6) is -0.930. The number of hydrogen-bond donors (Lipinski definition) is 2. The standard InChI is InChI=1S/C51H62BrN5O4Si/c1-8-38(4)48(55-56-53)45(58)35-57(49(60)47(52)37(2)3)42(36-61-62(50(5,6)7,43-30-20-12-21-31-43)44-32-22-13-23-33-44)34-46(59)54-51(39-24-14-9-15-25-39,40-26-16-10-17-27-40)41-28-18-11-19-29-41/h9-33,37-38,42,45,47-48,58H,8,34-36H2,1-7H3,(H,54,59)/t38-,42-,45-,47+,48-/m0/s1. The van der Waals surface area contributed by atoms with Crippen LogP contribution in [0, 0.1) is 11.8 Å². The highest BCUT2D eigenvalue weighted by atomic mass is 79.9. The van der Waals surface area contributed by atoms with Gasteiger partial charge in [-0.05, 0) is 49.5 Å². The highest BCUT2D eigenvalue weighted by molar-refractivity contribution is 9.10. The Morgan fingerprint density at radius 1 is 0.774 bits per heavy atom. The number of alkyl halides is 1. The number of amides is 2. The lowest BCUT2D eigenvalue weighted by Gasteiger charge is -2.45. The van der Waals surface area contributed by atoms with E-state index < -0.39 is 41.9 Å². The van der Waals surface area contributed by atoms with Gasteiger partial charge in [0.05, 0.1) is 29.6 Å². The van der Waals surface area contributed by atoms with Crippen LogP contribution in [0.4, 0.5) is 0 Å². The molecule has 0 aliphatic rings. The van der Waals surface area contributed by atoms with E-state index in [9.17, 15) is 15.4 Å². The van der Waals surface area contributed by atoms with Crippen molar-refractivity contribution in [1.82, 2.24) is 10.2 Å². The molecule has 0 aromatic heterocycles. The SMILES string of the molecule is CC[C@H](C)[C@H](N=[N+]=[N-])[C@@H](O)CN(C(=O)[C@H](Br)C(C)C)[C@H](CO[Si](c1ccccc1)(c1ccccc1)C(C)(C)C)CC(=O)NC(c1ccccc1)(c1ccccc1)c1ccccc1. The van der Waals surface area contributed by atoms with Gasteiger partial charge >= 0.3 is 0 Å². The number of benzene rings is 5. The molecule has 2 N–H and O–H groups in total. The number of halogens is 1. The minimum absolute atomic E-state index is 0.0263. The van der Waals surface area contributed by atoms with E-state index in [2.05, 4.69) is 76.3 Å². The quantitative estimate of drug-likeness (QED) is 0.0201. The predicted octanol–water partition coefficient (Wildman–Crippen LogP) is 9.76. The molecule has 5 rings (SSSR count). The maximum absolute atomic E-state index is 15.3. The summed E-state index contributed by atoms with van der Waals surface area (Å²) in [5.41, 5.74) is 11.1. The molecule has 0 fully saturated rings. The van der Waals surface area contributed by atoms with Gasteiger partial charge in [0.1, 0.15) is 5.54 Å². The Balaban J connectivity index is 1.71. The van der Waals surface area contributed by atoms with Gasteiger partial charge in [-0.2, -0.15) is 0 Å². The van der Waals surface area contributed by atoms with Crippen LogP contribution in [0.2, 0.25) is 5.04 Å². The van der Waals surface area contributed by atoms with Crippen LogP contribution in [0.3, 0.4) is 0 Å². The summed E-state index contributed by atoms with van der Waals surface area (Å²) in [6.45, 7) is 14.1. The molecule has 0 saturated heterocycles. The van der Waals surface area contributed by atoms with Gasteiger partial charge < -0.3 is 19.7 Å². The van der Waals surface area contributed by atoms with Crippen LogP contribution in [-0.2, 0) is 19.6 Å². The summed E-state index contributed by atoms with van der Waals surface area (Å²) in [6.07, 6.45) is -0.754. The lowest BCUT2D eigenvalue weighted by Crippen LogP contribution is -2.67. The van der Waals surface area contributed by atoms with Gasteiger partial charge in [0.2, 0.25) is 11.8 Å². The summed E-state index contributed by atoms with van der Waals surface area (Å²) in [4.78, 5) is 34.3. The zero-order valence-corrected chi connectivity index (χ0v) is 39.7. The fourth-order valence-corrected chi connectivity index (χ4v) is 13.4. The molecule has 5 aromatic rings. The Bertz CT molecular complexity index is 2070. The fourth-order valence-electron chi connectivity index (χ4n) is 8.54. The number of aliphatic hydroxyl groups is 1. The molecule has 0 saturated carbocycles. The van der Waals surface area contributed by atoms with Gasteiger partial charge in [0.15, 0.2) is 0 Å². The van der Waals surface area contributed by atoms with E-state index in [1.165, 1.54) is 0 Å². The highest BCUT2D eigenvalue weighted by Crippen LogP contribution is 2.39. The van der Waals surface area contributed by atoms with Gasteiger partial charge in [-0.25, -0.2) is 0 Å². The van der Waals surface area contributed by atoms with Crippen LogP contribution in [0.15, 0.2) is 157 Å². The number of carbonyl (C=O) groups excluding carboxylic acids is 2. The molecule has 0 spiro atoms. The molecule has 326 valence electrons. The summed E-state index contributed by atoms with van der Waals surface area (Å²) in [6, 6.07) is 48.5. The van der Waals surface area contributed by atoms with Crippen molar-refractivity contribution >= 4 is 46.4 Å². The molecule has 11 heteroatoms. The number of nitrogens with one attached hydrogen (secondary N) is 1. The van der Waals surface area contributed by atoms with E-state index in [1.807, 2.05) is 155 Å². The molecule has 0 heterocycles. The van der Waals surface area contributed by atoms with E-state index in [4.69, 9.17) is 4.43 Å². The van der Waals surface area contributed by atoms with E-state index in [0.29, 0.717) is 6.42 Å². The summed E-state index contributed by atoms with van der Waals surface area (Å²) in [5, 5.41) is 21.2. The number of hydrogen-bond acceptors (Lipinski definition) is 5. The molecule has 62 heavy (non-hydrogen) atoms. The van der Waals surface area contributed by atoms with E-state index in [-0.39, 0.29) is 43.2 Å². The molecule has 9 nitrogen and oxygen atoms in total. The number of carbonyl (C=O) groups is 2. The van der Waals surface area contributed by atoms with Gasteiger partial charge in [0, 0.05) is 17.9 Å². The van der Waals surface area contributed by atoms with Crippen molar-refractivity contribution in [2.45, 2.75) is 94.9 Å². The van der Waals surface area contributed by atoms with Gasteiger partial charge in [-0.1, -0.05) is 228 Å². The van der Waals surface area contributed by atoms with Crippen molar-refractivity contribution in [3.05, 3.63) is 179 Å². The third-order valence-electron chi connectivity index (χ3n) is 12.0. The van der Waals surface area contributed by atoms with Crippen LogP contribution in [0.25, 0.3) is 10.4 Å². The fraction of sp³-hybridized carbons (Fsp3) is 0.373. The normalized spacial score (nSPS) is 14.5. The molecule has 0 unspecified atom stereocenters. The molecule has 0 bridgehead atoms. The Labute approximate surface area is 377 Å². The Hall–Kier alpha value is -5.03. The molecule has 5 aromatic carbocycles. The van der Waals surface area contributed by atoms with Crippen molar-refractivity contribution in [3.8, 4) is 0 Å². The largest absolute Gasteiger partial charge is 0.405 e. The maximum atomic E-state index is 15.3. The number of azide groups is 1. The van der Waals surface area contributed by atoms with Crippen LogP contribution >= 0.6 is 15.9 Å². The summed E-state index contributed by atoms with van der Waals surface area (Å²) >= 11 is 3.69. The topological polar surface area (TPSA) is 128 Å². The second-order valence-corrected chi connectivity index (χ2v) is 22.8. The summed E-state index contributed by atoms with van der Waals surface area (Å²) in [7, 11) is -3.21. The summed E-state index contributed by atoms with van der Waals surface area (Å²) < 4.78 is 7.53. The lowest BCUT2D eigenvalue weighted by molar-refractivity contribution is -0.138. The van der Waals surface area contributed by atoms with E-state index in [0.717, 1.165) is 27.1 Å². The van der Waals surface area contributed by atoms with Crippen molar-refractivity contribution in [2.75, 3.05) is 13.2 Å². The molecular weight excluding hydrogens is 855 g/mol. The molecular formula is C51H62BrN5O4Si. The minimum atomic E-state index is -3.21. The monoisotopic (exact) mass is 915 g/mol. The Morgan fingerprint density at radius 3 is 1.56 bits per heavy atom. The lowest BCUT2D eigenvalue weighted by atomic mass is 9.77. The first-order valence-corrected chi connectivity index (χ1v) is 24.4. The molecule has 0 radical (unpaired) electrons.